The first-order chi connectivity index (χ1) is 8.77. The third-order valence-corrected chi connectivity index (χ3v) is 3.11. The van der Waals surface area contributed by atoms with Crippen LogP contribution in [0.5, 0.6) is 0 Å². The fourth-order valence-corrected chi connectivity index (χ4v) is 2.09. The van der Waals surface area contributed by atoms with Crippen molar-refractivity contribution in [1.82, 2.24) is 14.1 Å². The molecule has 0 aliphatic heterocycles. The summed E-state index contributed by atoms with van der Waals surface area (Å²) in [5, 5.41) is 0.160. The number of carbonyl (C=O) groups excluding carboxylic acids is 1. The first-order valence-electron chi connectivity index (χ1n) is 5.43. The standard InChI is InChI=1S/C11H13N5O3/c1-4-5(8(13)17)7(12)14-9-6(4)10(18)16(3)11(19)15(9)2/h1-3H3,(H2,12,14)(H2,13,17). The molecule has 2 rings (SSSR count). The number of aromatic nitrogens is 3. The van der Waals surface area contributed by atoms with Crippen LogP contribution in [-0.2, 0) is 14.1 Å². The van der Waals surface area contributed by atoms with Crippen molar-refractivity contribution in [3.8, 4) is 0 Å². The summed E-state index contributed by atoms with van der Waals surface area (Å²) in [6.45, 7) is 1.55. The van der Waals surface area contributed by atoms with Gasteiger partial charge in [0.25, 0.3) is 11.5 Å². The van der Waals surface area contributed by atoms with Gasteiger partial charge in [0.2, 0.25) is 0 Å². The summed E-state index contributed by atoms with van der Waals surface area (Å²) in [5.74, 6) is -0.860. The number of rotatable bonds is 1. The maximum atomic E-state index is 12.1. The molecule has 1 amide bonds. The average Bonchev–Trinajstić information content (AvgIpc) is 2.32. The van der Waals surface area contributed by atoms with Crippen molar-refractivity contribution in [1.29, 1.82) is 0 Å². The Balaban J connectivity index is 3.21. The van der Waals surface area contributed by atoms with Crippen molar-refractivity contribution in [2.24, 2.45) is 19.8 Å². The summed E-state index contributed by atoms with van der Waals surface area (Å²) < 4.78 is 2.14. The molecule has 0 radical (unpaired) electrons. The Labute approximate surface area is 107 Å². The number of aryl methyl sites for hydroxylation is 2. The zero-order chi connectivity index (χ0) is 14.5. The summed E-state index contributed by atoms with van der Waals surface area (Å²) in [5.41, 5.74) is 10.3. The quantitative estimate of drug-likeness (QED) is 0.655. The van der Waals surface area contributed by atoms with Crippen LogP contribution in [0.3, 0.4) is 0 Å². The fraction of sp³-hybridized carbons (Fsp3) is 0.273. The normalized spacial score (nSPS) is 10.9. The first kappa shape index (κ1) is 12.8. The van der Waals surface area contributed by atoms with E-state index in [1.807, 2.05) is 0 Å². The number of hydrogen-bond acceptors (Lipinski definition) is 5. The molecule has 0 spiro atoms. The molecule has 0 bridgehead atoms. The maximum Gasteiger partial charge on any atom is 0.332 e. The Bertz CT molecular complexity index is 831. The van der Waals surface area contributed by atoms with E-state index < -0.39 is 17.2 Å². The Morgan fingerprint density at radius 3 is 2.32 bits per heavy atom. The van der Waals surface area contributed by atoms with Gasteiger partial charge in [-0.25, -0.2) is 9.78 Å². The Morgan fingerprint density at radius 2 is 1.79 bits per heavy atom. The van der Waals surface area contributed by atoms with Crippen LogP contribution in [0, 0.1) is 6.92 Å². The molecule has 2 aromatic heterocycles. The molecule has 0 unspecified atom stereocenters. The molecule has 0 saturated carbocycles. The van der Waals surface area contributed by atoms with Crippen molar-refractivity contribution in [3.05, 3.63) is 32.0 Å². The van der Waals surface area contributed by atoms with Gasteiger partial charge in [-0.15, -0.1) is 0 Å². The fourth-order valence-electron chi connectivity index (χ4n) is 2.09. The zero-order valence-corrected chi connectivity index (χ0v) is 10.7. The minimum absolute atomic E-state index is 0.00301. The zero-order valence-electron chi connectivity index (χ0n) is 10.7. The Kier molecular flexibility index (Phi) is 2.65. The summed E-state index contributed by atoms with van der Waals surface area (Å²) in [6, 6.07) is 0. The van der Waals surface area contributed by atoms with Crippen molar-refractivity contribution in [2.75, 3.05) is 5.73 Å². The van der Waals surface area contributed by atoms with E-state index >= 15 is 0 Å². The van der Waals surface area contributed by atoms with Crippen LogP contribution in [0.2, 0.25) is 0 Å². The van der Waals surface area contributed by atoms with E-state index in [0.717, 1.165) is 4.57 Å². The first-order valence-corrected chi connectivity index (χ1v) is 5.43. The van der Waals surface area contributed by atoms with Crippen LogP contribution in [-0.4, -0.2) is 20.0 Å². The van der Waals surface area contributed by atoms with E-state index in [4.69, 9.17) is 11.5 Å². The molecule has 19 heavy (non-hydrogen) atoms. The number of nitrogen functional groups attached to an aromatic ring is 1. The minimum atomic E-state index is -0.764. The SMILES string of the molecule is Cc1c(C(N)=O)c(N)nc2c1c(=O)n(C)c(=O)n2C. The number of pyridine rings is 1. The molecule has 0 aliphatic rings. The lowest BCUT2D eigenvalue weighted by molar-refractivity contribution is 0.100. The molecule has 4 N–H and O–H groups in total. The van der Waals surface area contributed by atoms with Gasteiger partial charge in [0.1, 0.15) is 5.82 Å². The molecule has 0 aliphatic carbocycles. The van der Waals surface area contributed by atoms with Gasteiger partial charge in [-0.2, -0.15) is 0 Å². The lowest BCUT2D eigenvalue weighted by atomic mass is 10.1. The van der Waals surface area contributed by atoms with E-state index in [-0.39, 0.29) is 22.4 Å². The van der Waals surface area contributed by atoms with Crippen LogP contribution >= 0.6 is 0 Å². The second-order valence-corrected chi connectivity index (χ2v) is 4.27. The number of primary amides is 1. The number of amides is 1. The van der Waals surface area contributed by atoms with Gasteiger partial charge >= 0.3 is 5.69 Å². The summed E-state index contributed by atoms with van der Waals surface area (Å²) in [6.07, 6.45) is 0. The van der Waals surface area contributed by atoms with Crippen LogP contribution in [0.1, 0.15) is 15.9 Å². The molecule has 0 fully saturated rings. The lowest BCUT2D eigenvalue weighted by Crippen LogP contribution is -2.38. The van der Waals surface area contributed by atoms with Gasteiger partial charge < -0.3 is 11.5 Å². The van der Waals surface area contributed by atoms with E-state index in [2.05, 4.69) is 4.98 Å². The molecule has 0 saturated heterocycles. The van der Waals surface area contributed by atoms with Gasteiger partial charge in [-0.3, -0.25) is 18.7 Å². The van der Waals surface area contributed by atoms with Crippen molar-refractivity contribution < 1.29 is 4.79 Å². The molecule has 0 atom stereocenters. The van der Waals surface area contributed by atoms with Gasteiger partial charge in [-0.05, 0) is 12.5 Å². The third kappa shape index (κ3) is 1.60. The van der Waals surface area contributed by atoms with E-state index in [1.165, 1.54) is 18.7 Å². The number of fused-ring (bicyclic) bond motifs is 1. The van der Waals surface area contributed by atoms with E-state index in [1.54, 1.807) is 6.92 Å². The number of carbonyl (C=O) groups is 1. The highest BCUT2D eigenvalue weighted by atomic mass is 16.2. The topological polar surface area (TPSA) is 126 Å². The summed E-state index contributed by atoms with van der Waals surface area (Å²) in [7, 11) is 2.82. The highest BCUT2D eigenvalue weighted by Crippen LogP contribution is 2.20. The maximum absolute atomic E-state index is 12.1. The van der Waals surface area contributed by atoms with Gasteiger partial charge in [0.15, 0.2) is 5.65 Å². The largest absolute Gasteiger partial charge is 0.383 e. The highest BCUT2D eigenvalue weighted by molar-refractivity contribution is 6.02. The third-order valence-electron chi connectivity index (χ3n) is 3.11. The lowest BCUT2D eigenvalue weighted by Gasteiger charge is -2.12. The monoisotopic (exact) mass is 263 g/mol. The molecule has 100 valence electrons. The Morgan fingerprint density at radius 1 is 1.21 bits per heavy atom. The highest BCUT2D eigenvalue weighted by Gasteiger charge is 2.19. The van der Waals surface area contributed by atoms with Gasteiger partial charge in [0.05, 0.1) is 10.9 Å². The smallest absolute Gasteiger partial charge is 0.332 e. The molecular weight excluding hydrogens is 250 g/mol. The van der Waals surface area contributed by atoms with Crippen molar-refractivity contribution in [2.45, 2.75) is 6.92 Å². The summed E-state index contributed by atoms with van der Waals surface area (Å²) in [4.78, 5) is 39.2. The molecule has 8 heteroatoms. The second kappa shape index (κ2) is 3.94. The predicted molar refractivity (Wildman–Crippen MR) is 69.9 cm³/mol. The second-order valence-electron chi connectivity index (χ2n) is 4.27. The minimum Gasteiger partial charge on any atom is -0.383 e. The summed E-state index contributed by atoms with van der Waals surface area (Å²) >= 11 is 0. The Hall–Kier alpha value is -2.64. The van der Waals surface area contributed by atoms with Gasteiger partial charge in [-0.1, -0.05) is 0 Å². The van der Waals surface area contributed by atoms with Crippen LogP contribution in [0.4, 0.5) is 5.82 Å². The van der Waals surface area contributed by atoms with Crippen LogP contribution < -0.4 is 22.7 Å². The molecule has 8 nitrogen and oxygen atoms in total. The molecular formula is C11H13N5O3. The molecule has 2 aromatic rings. The predicted octanol–water partition coefficient (Wildman–Crippen LogP) is -1.38. The van der Waals surface area contributed by atoms with Crippen LogP contribution in [0.25, 0.3) is 11.0 Å². The van der Waals surface area contributed by atoms with Crippen molar-refractivity contribution in [3.63, 3.8) is 0 Å². The van der Waals surface area contributed by atoms with Crippen LogP contribution in [0.15, 0.2) is 9.59 Å². The average molecular weight is 263 g/mol. The van der Waals surface area contributed by atoms with Crippen molar-refractivity contribution >= 4 is 22.8 Å². The van der Waals surface area contributed by atoms with Gasteiger partial charge in [0, 0.05) is 14.1 Å². The number of nitrogens with zero attached hydrogens (tertiary/aromatic N) is 3. The van der Waals surface area contributed by atoms with E-state index in [0.29, 0.717) is 5.56 Å². The van der Waals surface area contributed by atoms with E-state index in [9.17, 15) is 14.4 Å². The number of hydrogen-bond donors (Lipinski definition) is 2. The molecule has 2 heterocycles. The number of anilines is 1. The number of nitrogens with two attached hydrogens (primary N) is 2. The molecule has 0 aromatic carbocycles.